The molecular weight excluding hydrogens is 330 g/mol. The standard InChI is InChI=1S/C21H29NO4/c1-13-6-7-15(8-14(13)2)19(23)16-9-17-11-25-12-18(10-16)22(17)20(24)26-21(3,4)5/h6-8,16-18H,9-12H2,1-5H3. The molecule has 0 radical (unpaired) electrons. The van der Waals surface area contributed by atoms with Crippen LogP contribution in [0, 0.1) is 19.8 Å². The van der Waals surface area contributed by atoms with Crippen molar-refractivity contribution in [1.82, 2.24) is 4.90 Å². The fourth-order valence-corrected chi connectivity index (χ4v) is 3.87. The second-order valence-corrected chi connectivity index (χ2v) is 8.56. The van der Waals surface area contributed by atoms with Crippen LogP contribution in [0.1, 0.15) is 55.1 Å². The molecule has 5 heteroatoms. The lowest BCUT2D eigenvalue weighted by molar-refractivity contribution is -0.0861. The van der Waals surface area contributed by atoms with Crippen molar-refractivity contribution in [1.29, 1.82) is 0 Å². The monoisotopic (exact) mass is 359 g/mol. The summed E-state index contributed by atoms with van der Waals surface area (Å²) in [6, 6.07) is 5.69. The van der Waals surface area contributed by atoms with Gasteiger partial charge < -0.3 is 9.47 Å². The molecule has 2 unspecified atom stereocenters. The van der Waals surface area contributed by atoms with Crippen molar-refractivity contribution >= 4 is 11.9 Å². The molecule has 2 fully saturated rings. The highest BCUT2D eigenvalue weighted by Crippen LogP contribution is 2.34. The molecule has 0 saturated carbocycles. The van der Waals surface area contributed by atoms with Gasteiger partial charge in [0, 0.05) is 11.5 Å². The van der Waals surface area contributed by atoms with Gasteiger partial charge in [0.2, 0.25) is 0 Å². The van der Waals surface area contributed by atoms with E-state index >= 15 is 0 Å². The number of piperidine rings is 1. The number of rotatable bonds is 2. The number of Topliss-reactive ketones (excluding diaryl/α,β-unsaturated/α-hetero) is 1. The van der Waals surface area contributed by atoms with E-state index in [4.69, 9.17) is 9.47 Å². The first-order chi connectivity index (χ1) is 12.2. The summed E-state index contributed by atoms with van der Waals surface area (Å²) in [5, 5.41) is 0. The molecule has 0 N–H and O–H groups in total. The Hall–Kier alpha value is -1.88. The van der Waals surface area contributed by atoms with E-state index in [-0.39, 0.29) is 29.9 Å². The SMILES string of the molecule is Cc1ccc(C(=O)C2CC3COCC(C2)N3C(=O)OC(C)(C)C)cc1C. The summed E-state index contributed by atoms with van der Waals surface area (Å²) in [6.45, 7) is 10.6. The molecule has 0 spiro atoms. The van der Waals surface area contributed by atoms with Crippen LogP contribution in [-0.2, 0) is 9.47 Å². The number of aryl methyl sites for hydroxylation is 2. The number of amides is 1. The second-order valence-electron chi connectivity index (χ2n) is 8.56. The van der Waals surface area contributed by atoms with Gasteiger partial charge in [0.05, 0.1) is 25.3 Å². The van der Waals surface area contributed by atoms with E-state index < -0.39 is 5.60 Å². The molecule has 0 aromatic heterocycles. The Morgan fingerprint density at radius 1 is 1.08 bits per heavy atom. The van der Waals surface area contributed by atoms with Gasteiger partial charge in [-0.15, -0.1) is 0 Å². The van der Waals surface area contributed by atoms with E-state index in [2.05, 4.69) is 0 Å². The Bertz CT molecular complexity index is 692. The van der Waals surface area contributed by atoms with Gasteiger partial charge in [0.15, 0.2) is 5.78 Å². The molecule has 1 aromatic carbocycles. The number of morpholine rings is 1. The molecule has 2 saturated heterocycles. The minimum absolute atomic E-state index is 0.0744. The largest absolute Gasteiger partial charge is 0.444 e. The number of carbonyl (C=O) groups excluding carboxylic acids is 2. The predicted octanol–water partition coefficient (Wildman–Crippen LogP) is 3.90. The predicted molar refractivity (Wildman–Crippen MR) is 99.4 cm³/mol. The number of ketones is 1. The third-order valence-electron chi connectivity index (χ3n) is 5.29. The Labute approximate surface area is 155 Å². The molecule has 2 aliphatic heterocycles. The third kappa shape index (κ3) is 3.93. The van der Waals surface area contributed by atoms with Crippen molar-refractivity contribution in [2.75, 3.05) is 13.2 Å². The minimum atomic E-state index is -0.529. The van der Waals surface area contributed by atoms with Crippen molar-refractivity contribution in [3.05, 3.63) is 34.9 Å². The first kappa shape index (κ1) is 18.9. The van der Waals surface area contributed by atoms with Crippen LogP contribution in [0.15, 0.2) is 18.2 Å². The molecule has 2 bridgehead atoms. The summed E-state index contributed by atoms with van der Waals surface area (Å²) in [5.74, 6) is 0.100. The molecule has 2 heterocycles. The van der Waals surface area contributed by atoms with Gasteiger partial charge in [-0.3, -0.25) is 9.69 Å². The van der Waals surface area contributed by atoms with Crippen molar-refractivity contribution in [3.8, 4) is 0 Å². The van der Waals surface area contributed by atoms with Crippen LogP contribution in [-0.4, -0.2) is 47.7 Å². The summed E-state index contributed by atoms with van der Waals surface area (Å²) in [5.41, 5.74) is 2.55. The van der Waals surface area contributed by atoms with Crippen molar-refractivity contribution < 1.29 is 19.1 Å². The van der Waals surface area contributed by atoms with Crippen LogP contribution >= 0.6 is 0 Å². The Morgan fingerprint density at radius 2 is 1.69 bits per heavy atom. The van der Waals surface area contributed by atoms with E-state index in [9.17, 15) is 9.59 Å². The molecule has 142 valence electrons. The van der Waals surface area contributed by atoms with Gasteiger partial charge in [0.1, 0.15) is 5.60 Å². The van der Waals surface area contributed by atoms with E-state index in [1.54, 1.807) is 4.90 Å². The summed E-state index contributed by atoms with van der Waals surface area (Å²) in [4.78, 5) is 27.4. The highest BCUT2D eigenvalue weighted by Gasteiger charge is 2.45. The van der Waals surface area contributed by atoms with Crippen LogP contribution in [0.25, 0.3) is 0 Å². The number of ether oxygens (including phenoxy) is 2. The smallest absolute Gasteiger partial charge is 0.410 e. The molecule has 1 amide bonds. The first-order valence-corrected chi connectivity index (χ1v) is 9.36. The van der Waals surface area contributed by atoms with Gasteiger partial charge in [-0.25, -0.2) is 4.79 Å². The summed E-state index contributed by atoms with van der Waals surface area (Å²) in [6.07, 6.45) is 0.955. The minimum Gasteiger partial charge on any atom is -0.444 e. The van der Waals surface area contributed by atoms with Crippen molar-refractivity contribution in [3.63, 3.8) is 0 Å². The summed E-state index contributed by atoms with van der Waals surface area (Å²) >= 11 is 0. The zero-order valence-electron chi connectivity index (χ0n) is 16.4. The fourth-order valence-electron chi connectivity index (χ4n) is 3.87. The normalized spacial score (nSPS) is 25.7. The van der Waals surface area contributed by atoms with Gasteiger partial charge in [-0.1, -0.05) is 12.1 Å². The molecule has 2 aliphatic rings. The number of benzene rings is 1. The Kier molecular flexibility index (Phi) is 5.11. The molecule has 3 rings (SSSR count). The lowest BCUT2D eigenvalue weighted by Crippen LogP contribution is -2.60. The molecule has 5 nitrogen and oxygen atoms in total. The Balaban J connectivity index is 1.75. The zero-order chi connectivity index (χ0) is 19.1. The number of hydrogen-bond acceptors (Lipinski definition) is 4. The van der Waals surface area contributed by atoms with Crippen molar-refractivity contribution in [2.24, 2.45) is 5.92 Å². The highest BCUT2D eigenvalue weighted by atomic mass is 16.6. The maximum Gasteiger partial charge on any atom is 0.410 e. The number of carbonyl (C=O) groups is 2. The molecule has 1 aromatic rings. The van der Waals surface area contributed by atoms with Crippen molar-refractivity contribution in [2.45, 2.75) is 65.1 Å². The average Bonchev–Trinajstić information content (AvgIpc) is 2.54. The molecule has 2 atom stereocenters. The Morgan fingerprint density at radius 3 is 2.23 bits per heavy atom. The average molecular weight is 359 g/mol. The topological polar surface area (TPSA) is 55.8 Å². The van der Waals surface area contributed by atoms with Crippen LogP contribution < -0.4 is 0 Å². The number of fused-ring (bicyclic) bond motifs is 2. The van der Waals surface area contributed by atoms with E-state index in [0.29, 0.717) is 26.1 Å². The van der Waals surface area contributed by atoms with Crippen LogP contribution in [0.3, 0.4) is 0 Å². The van der Waals surface area contributed by atoms with E-state index in [0.717, 1.165) is 11.1 Å². The lowest BCUT2D eigenvalue weighted by Gasteiger charge is -2.47. The number of nitrogens with zero attached hydrogens (tertiary/aromatic N) is 1. The third-order valence-corrected chi connectivity index (χ3v) is 5.29. The first-order valence-electron chi connectivity index (χ1n) is 9.36. The lowest BCUT2D eigenvalue weighted by atomic mass is 9.80. The zero-order valence-corrected chi connectivity index (χ0v) is 16.4. The van der Waals surface area contributed by atoms with Crippen LogP contribution in [0.5, 0.6) is 0 Å². The van der Waals surface area contributed by atoms with Crippen LogP contribution in [0.2, 0.25) is 0 Å². The van der Waals surface area contributed by atoms with E-state index in [1.807, 2.05) is 52.8 Å². The van der Waals surface area contributed by atoms with Crippen LogP contribution in [0.4, 0.5) is 4.79 Å². The number of hydrogen-bond donors (Lipinski definition) is 0. The maximum atomic E-state index is 13.0. The summed E-state index contributed by atoms with van der Waals surface area (Å²) in [7, 11) is 0. The highest BCUT2D eigenvalue weighted by molar-refractivity contribution is 5.98. The van der Waals surface area contributed by atoms with Gasteiger partial charge in [-0.2, -0.15) is 0 Å². The quantitative estimate of drug-likeness (QED) is 0.752. The van der Waals surface area contributed by atoms with Gasteiger partial charge in [0.25, 0.3) is 0 Å². The molecular formula is C21H29NO4. The second kappa shape index (κ2) is 7.03. The van der Waals surface area contributed by atoms with Gasteiger partial charge >= 0.3 is 6.09 Å². The van der Waals surface area contributed by atoms with Gasteiger partial charge in [-0.05, 0) is 64.7 Å². The maximum absolute atomic E-state index is 13.0. The summed E-state index contributed by atoms with van der Waals surface area (Å²) < 4.78 is 11.2. The fraction of sp³-hybridized carbons (Fsp3) is 0.619. The van der Waals surface area contributed by atoms with E-state index in [1.165, 1.54) is 5.56 Å². The molecule has 26 heavy (non-hydrogen) atoms. The molecule has 0 aliphatic carbocycles.